The number of aromatic amines is 2. The van der Waals surface area contributed by atoms with Gasteiger partial charge in [-0.15, -0.1) is 0 Å². The van der Waals surface area contributed by atoms with Gasteiger partial charge >= 0.3 is 6.09 Å². The van der Waals surface area contributed by atoms with E-state index in [0.29, 0.717) is 27.9 Å². The number of fused-ring (bicyclic) bond motifs is 6. The number of alkyl carbamates (subject to hydrolysis) is 1. The van der Waals surface area contributed by atoms with Crippen molar-refractivity contribution in [2.24, 2.45) is 17.3 Å². The van der Waals surface area contributed by atoms with Crippen LogP contribution in [-0.4, -0.2) is 57.6 Å². The van der Waals surface area contributed by atoms with E-state index in [1.165, 1.54) is 20.0 Å². The van der Waals surface area contributed by atoms with Crippen LogP contribution < -0.4 is 10.6 Å². The van der Waals surface area contributed by atoms with Gasteiger partial charge in [-0.05, 0) is 120 Å². The minimum absolute atomic E-state index is 0.00557. The van der Waals surface area contributed by atoms with E-state index in [9.17, 15) is 9.59 Å². The van der Waals surface area contributed by atoms with E-state index in [2.05, 4.69) is 26.7 Å². The molecule has 2 aromatic heterocycles. The number of piperidine rings is 1. The minimum Gasteiger partial charge on any atom is -0.453 e. The van der Waals surface area contributed by atoms with Crippen LogP contribution in [0.25, 0.3) is 44.5 Å². The van der Waals surface area contributed by atoms with Crippen molar-refractivity contribution in [3.8, 4) is 33.5 Å². The molecule has 9 nitrogen and oxygen atoms in total. The SMILES string of the molecule is COC(=O)N[C@H](C(=O)N1[C@@H]2CC[C@@H](C2)[C@H]1c1nc2ccc(-c3ccc4c(c3)C(F)(F)c3cc(-c5ccc([C@@H]6CC7(CC7)CN6)[nH]5)ccc3-4)cc2[nH]1)C(C)C. The van der Waals surface area contributed by atoms with Crippen molar-refractivity contribution in [3.05, 3.63) is 89.4 Å². The molecule has 0 unspecified atom stereocenters. The zero-order valence-corrected chi connectivity index (χ0v) is 30.6. The third-order valence-corrected chi connectivity index (χ3v) is 13.1. The van der Waals surface area contributed by atoms with Gasteiger partial charge in [-0.3, -0.25) is 4.79 Å². The lowest BCUT2D eigenvalue weighted by Gasteiger charge is -2.37. The molecular weight excluding hydrogens is 687 g/mol. The molecule has 2 amide bonds. The summed E-state index contributed by atoms with van der Waals surface area (Å²) < 4.78 is 37.6. The summed E-state index contributed by atoms with van der Waals surface area (Å²) in [5.74, 6) is -2.46. The number of methoxy groups -OCH3 is 1. The summed E-state index contributed by atoms with van der Waals surface area (Å²) in [6.07, 6.45) is 5.86. The summed E-state index contributed by atoms with van der Waals surface area (Å²) in [7, 11) is 1.29. The van der Waals surface area contributed by atoms with Crippen molar-refractivity contribution >= 4 is 23.0 Å². The third-order valence-electron chi connectivity index (χ3n) is 13.1. The first-order valence-corrected chi connectivity index (χ1v) is 19.3. The summed E-state index contributed by atoms with van der Waals surface area (Å²) in [5, 5.41) is 6.38. The number of hydrogen-bond donors (Lipinski definition) is 4. The average Bonchev–Trinajstić information content (AvgIpc) is 3.83. The maximum absolute atomic E-state index is 16.4. The smallest absolute Gasteiger partial charge is 0.407 e. The topological polar surface area (TPSA) is 115 Å². The summed E-state index contributed by atoms with van der Waals surface area (Å²) >= 11 is 0. The largest absolute Gasteiger partial charge is 0.453 e. The molecule has 0 radical (unpaired) electrons. The highest BCUT2D eigenvalue weighted by atomic mass is 19.3. The molecular formula is C43H44F2N6O3. The van der Waals surface area contributed by atoms with Crippen LogP contribution in [-0.2, 0) is 15.5 Å². The van der Waals surface area contributed by atoms with Crippen molar-refractivity contribution < 1.29 is 23.1 Å². The molecule has 54 heavy (non-hydrogen) atoms. The number of nitrogens with zero attached hydrogens (tertiary/aromatic N) is 2. The van der Waals surface area contributed by atoms with Gasteiger partial charge in [0.05, 0.1) is 24.2 Å². The minimum atomic E-state index is -3.16. The van der Waals surface area contributed by atoms with Crippen LogP contribution in [0.15, 0.2) is 66.7 Å². The summed E-state index contributed by atoms with van der Waals surface area (Å²) in [6.45, 7) is 4.86. The standard InChI is InChI=1S/C43H44F2N6O3/c1-22(2)37(50-41(53)54-3)40(52)51-27-8-4-26(16-27)38(51)39-48-33-11-7-24(19-35(33)49-39)23-5-9-28-29-10-6-25(18-31(29)43(44,45)30(28)17-23)32-12-13-34(47-32)36-20-42(14-15-42)21-46-36/h5-7,9-13,17-19,22,26-27,36-38,46-47H,4,8,14-16,20-21H2,1-3H3,(H,48,49)(H,50,53)/t26-,27+,36-,37-,38-/m0/s1. The van der Waals surface area contributed by atoms with Crippen LogP contribution in [0.2, 0.25) is 0 Å². The number of carbonyl (C=O) groups is 2. The fraction of sp³-hybridized carbons (Fsp3) is 0.419. The molecule has 3 aromatic carbocycles. The Morgan fingerprint density at radius 2 is 1.65 bits per heavy atom. The summed E-state index contributed by atoms with van der Waals surface area (Å²) in [4.78, 5) is 40.0. The van der Waals surface area contributed by atoms with Gasteiger partial charge < -0.3 is 30.2 Å². The van der Waals surface area contributed by atoms with Crippen LogP contribution >= 0.6 is 0 Å². The van der Waals surface area contributed by atoms with Crippen molar-refractivity contribution in [2.45, 2.75) is 82.5 Å². The maximum Gasteiger partial charge on any atom is 0.407 e. The molecule has 4 N–H and O–H groups in total. The Morgan fingerprint density at radius 3 is 2.37 bits per heavy atom. The molecule has 2 saturated heterocycles. The van der Waals surface area contributed by atoms with E-state index in [-0.39, 0.29) is 47.0 Å². The molecule has 3 aliphatic carbocycles. The maximum atomic E-state index is 16.4. The Bertz CT molecular complexity index is 2340. The highest BCUT2D eigenvalue weighted by molar-refractivity contribution is 5.88. The van der Waals surface area contributed by atoms with Crippen molar-refractivity contribution in [1.29, 1.82) is 0 Å². The normalized spacial score (nSPS) is 24.7. The van der Waals surface area contributed by atoms with Crippen LogP contribution in [0.1, 0.15) is 87.1 Å². The Kier molecular flexibility index (Phi) is 7.44. The lowest BCUT2D eigenvalue weighted by Crippen LogP contribution is -2.54. The zero-order chi connectivity index (χ0) is 37.1. The number of benzene rings is 3. The second kappa shape index (κ2) is 12.0. The second-order valence-corrected chi connectivity index (χ2v) is 16.7. The fourth-order valence-electron chi connectivity index (χ4n) is 9.91. The molecule has 5 aliphatic rings. The highest BCUT2D eigenvalue weighted by Gasteiger charge is 2.52. The van der Waals surface area contributed by atoms with E-state index < -0.39 is 18.1 Å². The van der Waals surface area contributed by atoms with Crippen LogP contribution in [0, 0.1) is 17.3 Å². The van der Waals surface area contributed by atoms with Crippen molar-refractivity contribution in [3.63, 3.8) is 0 Å². The number of nitrogens with one attached hydrogen (secondary N) is 4. The number of rotatable bonds is 7. The van der Waals surface area contributed by atoms with Gasteiger partial charge in [0.1, 0.15) is 11.9 Å². The first-order chi connectivity index (χ1) is 26.0. The average molecular weight is 731 g/mol. The summed E-state index contributed by atoms with van der Waals surface area (Å²) in [6, 6.07) is 20.0. The van der Waals surface area contributed by atoms with Crippen LogP contribution in [0.3, 0.4) is 0 Å². The number of amides is 2. The molecule has 278 valence electrons. The molecule has 2 aliphatic heterocycles. The second-order valence-electron chi connectivity index (χ2n) is 16.7. The van der Waals surface area contributed by atoms with Gasteiger partial charge in [-0.1, -0.05) is 44.2 Å². The van der Waals surface area contributed by atoms with Crippen LogP contribution in [0.5, 0.6) is 0 Å². The fourth-order valence-corrected chi connectivity index (χ4v) is 9.91. The number of alkyl halides is 2. The number of ether oxygens (including phenoxy) is 1. The Balaban J connectivity index is 0.921. The predicted octanol–water partition coefficient (Wildman–Crippen LogP) is 8.59. The highest BCUT2D eigenvalue weighted by Crippen LogP contribution is 2.56. The molecule has 10 rings (SSSR count). The van der Waals surface area contributed by atoms with Gasteiger partial charge in [0.15, 0.2) is 0 Å². The monoisotopic (exact) mass is 730 g/mol. The van der Waals surface area contributed by atoms with Crippen LogP contribution in [0.4, 0.5) is 13.6 Å². The number of carbonyl (C=O) groups excluding carboxylic acids is 2. The predicted molar refractivity (Wildman–Crippen MR) is 202 cm³/mol. The van der Waals surface area contributed by atoms with Gasteiger partial charge in [0.2, 0.25) is 5.91 Å². The third kappa shape index (κ3) is 5.21. The first kappa shape index (κ1) is 33.5. The van der Waals surface area contributed by atoms with E-state index >= 15 is 8.78 Å². The summed E-state index contributed by atoms with van der Waals surface area (Å²) in [5.41, 5.74) is 7.33. The van der Waals surface area contributed by atoms with E-state index in [4.69, 9.17) is 9.72 Å². The molecule has 2 saturated carbocycles. The van der Waals surface area contributed by atoms with Gasteiger partial charge in [-0.25, -0.2) is 9.78 Å². The molecule has 11 heteroatoms. The van der Waals surface area contributed by atoms with E-state index in [1.807, 2.05) is 67.3 Å². The zero-order valence-electron chi connectivity index (χ0n) is 30.6. The molecule has 2 bridgehead atoms. The first-order valence-electron chi connectivity index (χ1n) is 19.3. The number of hydrogen-bond acceptors (Lipinski definition) is 5. The Labute approximate surface area is 312 Å². The van der Waals surface area contributed by atoms with Crippen molar-refractivity contribution in [1.82, 2.24) is 30.5 Å². The lowest BCUT2D eigenvalue weighted by atomic mass is 9.95. The Morgan fingerprint density at radius 1 is 0.926 bits per heavy atom. The number of aromatic nitrogens is 3. The molecule has 4 heterocycles. The lowest BCUT2D eigenvalue weighted by molar-refractivity contribution is -0.139. The molecule has 5 atom stereocenters. The van der Waals surface area contributed by atoms with Crippen molar-refractivity contribution in [2.75, 3.05) is 13.7 Å². The van der Waals surface area contributed by atoms with Gasteiger partial charge in [0, 0.05) is 41.1 Å². The number of imidazole rings is 1. The number of likely N-dealkylation sites (tertiary alicyclic amines) is 1. The Hall–Kier alpha value is -5.03. The molecule has 1 spiro atoms. The van der Waals surface area contributed by atoms with Gasteiger partial charge in [-0.2, -0.15) is 8.78 Å². The number of H-pyrrole nitrogens is 2. The number of halogens is 2. The van der Waals surface area contributed by atoms with E-state index in [1.54, 1.807) is 12.1 Å². The molecule has 4 fully saturated rings. The van der Waals surface area contributed by atoms with E-state index in [0.717, 1.165) is 65.8 Å². The van der Waals surface area contributed by atoms with Gasteiger partial charge in [0.25, 0.3) is 5.92 Å². The molecule has 5 aromatic rings. The quantitative estimate of drug-likeness (QED) is 0.134.